The van der Waals surface area contributed by atoms with Crippen molar-refractivity contribution in [1.82, 2.24) is 14.9 Å². The van der Waals surface area contributed by atoms with E-state index in [2.05, 4.69) is 14.8 Å². The fraction of sp³-hybridized carbons (Fsp3) is 0.308. The molecule has 176 valence electrons. The fourth-order valence-corrected chi connectivity index (χ4v) is 3.36. The highest BCUT2D eigenvalue weighted by Gasteiger charge is 2.22. The molecule has 0 aliphatic rings. The van der Waals surface area contributed by atoms with Crippen LogP contribution in [-0.4, -0.2) is 40.2 Å². The van der Waals surface area contributed by atoms with E-state index in [0.29, 0.717) is 30.1 Å². The summed E-state index contributed by atoms with van der Waals surface area (Å²) in [5.74, 6) is 0.452. The van der Waals surface area contributed by atoms with Crippen molar-refractivity contribution in [3.63, 3.8) is 0 Å². The van der Waals surface area contributed by atoms with Crippen LogP contribution in [0.25, 0.3) is 16.1 Å². The van der Waals surface area contributed by atoms with Crippen molar-refractivity contribution in [2.24, 2.45) is 0 Å². The van der Waals surface area contributed by atoms with E-state index in [9.17, 15) is 4.79 Å². The third kappa shape index (κ3) is 6.93. The van der Waals surface area contributed by atoms with E-state index in [1.165, 1.54) is 4.90 Å². The summed E-state index contributed by atoms with van der Waals surface area (Å²) in [5.41, 5.74) is 2.09. The highest BCUT2D eigenvalue weighted by atomic mass is 35.5. The number of carbonyl (C=O) groups excluding carboxylic acids is 1. The number of carbonyl (C=O) groups is 1. The lowest BCUT2D eigenvalue weighted by molar-refractivity contribution is 0.0278. The average Bonchev–Trinajstić information content (AvgIpc) is 2.81. The molecular formula is C26H27ClN4O3. The fourth-order valence-electron chi connectivity index (χ4n) is 3.22. The molecule has 0 spiro atoms. The van der Waals surface area contributed by atoms with E-state index in [1.807, 2.05) is 57.2 Å². The summed E-state index contributed by atoms with van der Waals surface area (Å²) in [6.07, 6.45) is 1.32. The Morgan fingerprint density at radius 1 is 1.18 bits per heavy atom. The quantitative estimate of drug-likeness (QED) is 0.278. The van der Waals surface area contributed by atoms with Crippen molar-refractivity contribution in [3.05, 3.63) is 83.1 Å². The maximum atomic E-state index is 12.4. The summed E-state index contributed by atoms with van der Waals surface area (Å²) < 4.78 is 11.8. The Kier molecular flexibility index (Phi) is 8.08. The second kappa shape index (κ2) is 11.0. The highest BCUT2D eigenvalue weighted by molar-refractivity contribution is 6.28. The molecule has 8 heteroatoms. The number of halogens is 1. The first-order valence-electron chi connectivity index (χ1n) is 10.8. The zero-order valence-electron chi connectivity index (χ0n) is 19.7. The van der Waals surface area contributed by atoms with Gasteiger partial charge in [0.15, 0.2) is 0 Å². The Labute approximate surface area is 205 Å². The number of hydrogen-bond acceptors (Lipinski definition) is 5. The summed E-state index contributed by atoms with van der Waals surface area (Å²) in [5, 5.41) is 0.139. The standard InChI is InChI=1S/C26H27ClN4O3/c1-26(2,3)34-25(32)31(5)16-14-22(18-9-7-6-8-10-18)33-23-12-11-19(17-21(23)28-4)20-13-15-29-24(27)30-20/h6-13,15,17,22H,14,16H2,1-3,5H3. The SMILES string of the molecule is [C-]#[N+]c1cc(-c2ccnc(Cl)n2)ccc1OC(CCN(C)C(=O)OC(C)(C)C)c1ccccc1. The van der Waals surface area contributed by atoms with Gasteiger partial charge in [-0.2, -0.15) is 0 Å². The van der Waals surface area contributed by atoms with E-state index in [1.54, 1.807) is 31.4 Å². The van der Waals surface area contributed by atoms with Crippen LogP contribution in [-0.2, 0) is 4.74 Å². The van der Waals surface area contributed by atoms with Gasteiger partial charge in [0.1, 0.15) is 17.5 Å². The first kappa shape index (κ1) is 25.0. The van der Waals surface area contributed by atoms with Crippen LogP contribution in [0.15, 0.2) is 60.8 Å². The molecule has 1 atom stereocenters. The Hall–Kier alpha value is -3.63. The van der Waals surface area contributed by atoms with Crippen molar-refractivity contribution in [1.29, 1.82) is 0 Å². The Balaban J connectivity index is 1.81. The van der Waals surface area contributed by atoms with Gasteiger partial charge in [-0.05, 0) is 61.7 Å². The molecule has 0 saturated carbocycles. The Morgan fingerprint density at radius 2 is 1.91 bits per heavy atom. The zero-order chi connectivity index (χ0) is 24.7. The summed E-state index contributed by atoms with van der Waals surface area (Å²) in [6, 6.07) is 16.8. The molecule has 7 nitrogen and oxygen atoms in total. The molecule has 0 bridgehead atoms. The van der Waals surface area contributed by atoms with Crippen molar-refractivity contribution >= 4 is 23.4 Å². The van der Waals surface area contributed by atoms with E-state index < -0.39 is 11.7 Å². The minimum atomic E-state index is -0.569. The molecule has 1 heterocycles. The van der Waals surface area contributed by atoms with Crippen molar-refractivity contribution < 1.29 is 14.3 Å². The smallest absolute Gasteiger partial charge is 0.410 e. The molecule has 0 N–H and O–H groups in total. The predicted molar refractivity (Wildman–Crippen MR) is 132 cm³/mol. The van der Waals surface area contributed by atoms with E-state index in [0.717, 1.165) is 11.1 Å². The van der Waals surface area contributed by atoms with Crippen LogP contribution in [0.4, 0.5) is 10.5 Å². The molecule has 1 aromatic heterocycles. The maximum Gasteiger partial charge on any atom is 0.410 e. The number of benzene rings is 2. The van der Waals surface area contributed by atoms with Gasteiger partial charge in [0, 0.05) is 26.2 Å². The minimum Gasteiger partial charge on any atom is -0.497 e. The zero-order valence-corrected chi connectivity index (χ0v) is 20.4. The molecule has 0 aliphatic carbocycles. The van der Waals surface area contributed by atoms with Crippen molar-refractivity contribution in [3.8, 4) is 17.0 Å². The summed E-state index contributed by atoms with van der Waals surface area (Å²) >= 11 is 5.91. The number of amides is 1. The van der Waals surface area contributed by atoms with Gasteiger partial charge in [-0.15, -0.1) is 0 Å². The second-order valence-electron chi connectivity index (χ2n) is 8.71. The first-order chi connectivity index (χ1) is 16.2. The van der Waals surface area contributed by atoms with E-state index in [-0.39, 0.29) is 11.4 Å². The van der Waals surface area contributed by atoms with Crippen LogP contribution in [0.3, 0.4) is 0 Å². The van der Waals surface area contributed by atoms with Crippen molar-refractivity contribution in [2.75, 3.05) is 13.6 Å². The number of rotatable bonds is 7. The lowest BCUT2D eigenvalue weighted by atomic mass is 10.1. The van der Waals surface area contributed by atoms with Gasteiger partial charge in [0.25, 0.3) is 0 Å². The number of ether oxygens (including phenoxy) is 2. The highest BCUT2D eigenvalue weighted by Crippen LogP contribution is 2.36. The Bertz CT molecular complexity index is 1170. The van der Waals surface area contributed by atoms with Gasteiger partial charge >= 0.3 is 6.09 Å². The van der Waals surface area contributed by atoms with E-state index in [4.69, 9.17) is 27.6 Å². The molecular weight excluding hydrogens is 452 g/mol. The molecule has 1 amide bonds. The number of aromatic nitrogens is 2. The predicted octanol–water partition coefficient (Wildman–Crippen LogP) is 6.72. The molecule has 3 rings (SSSR count). The number of hydrogen-bond donors (Lipinski definition) is 0. The van der Waals surface area contributed by atoms with Gasteiger partial charge in [0.2, 0.25) is 11.0 Å². The van der Waals surface area contributed by atoms with Gasteiger partial charge in [0.05, 0.1) is 12.3 Å². The van der Waals surface area contributed by atoms with E-state index >= 15 is 0 Å². The van der Waals surface area contributed by atoms with Crippen LogP contribution >= 0.6 is 11.6 Å². The van der Waals surface area contributed by atoms with Crippen LogP contribution in [0.1, 0.15) is 38.9 Å². The van der Waals surface area contributed by atoms with Gasteiger partial charge in [-0.3, -0.25) is 0 Å². The van der Waals surface area contributed by atoms with Crippen LogP contribution < -0.4 is 4.74 Å². The molecule has 3 aromatic rings. The van der Waals surface area contributed by atoms with Gasteiger partial charge in [-0.25, -0.2) is 19.6 Å². The van der Waals surface area contributed by atoms with Gasteiger partial charge in [-0.1, -0.05) is 36.4 Å². The molecule has 0 saturated heterocycles. The van der Waals surface area contributed by atoms with Crippen molar-refractivity contribution in [2.45, 2.75) is 38.9 Å². The third-order valence-electron chi connectivity index (χ3n) is 4.87. The monoisotopic (exact) mass is 478 g/mol. The first-order valence-corrected chi connectivity index (χ1v) is 11.2. The lowest BCUT2D eigenvalue weighted by Gasteiger charge is -2.27. The summed E-state index contributed by atoms with van der Waals surface area (Å²) in [7, 11) is 1.70. The van der Waals surface area contributed by atoms with Gasteiger partial charge < -0.3 is 14.4 Å². The maximum absolute atomic E-state index is 12.4. The largest absolute Gasteiger partial charge is 0.497 e. The average molecular weight is 479 g/mol. The normalized spacial score (nSPS) is 11.9. The topological polar surface area (TPSA) is 68.9 Å². The molecule has 0 fully saturated rings. The van der Waals surface area contributed by atoms with Crippen LogP contribution in [0, 0.1) is 6.57 Å². The van der Waals surface area contributed by atoms with Crippen LogP contribution in [0.5, 0.6) is 5.75 Å². The summed E-state index contributed by atoms with van der Waals surface area (Å²) in [4.78, 5) is 25.7. The molecule has 1 unspecified atom stereocenters. The second-order valence-corrected chi connectivity index (χ2v) is 9.05. The molecule has 0 aliphatic heterocycles. The summed E-state index contributed by atoms with van der Waals surface area (Å²) in [6.45, 7) is 13.6. The molecule has 2 aromatic carbocycles. The Morgan fingerprint density at radius 3 is 2.56 bits per heavy atom. The lowest BCUT2D eigenvalue weighted by Crippen LogP contribution is -2.35. The van der Waals surface area contributed by atoms with Crippen LogP contribution in [0.2, 0.25) is 5.28 Å². The molecule has 0 radical (unpaired) electrons. The molecule has 34 heavy (non-hydrogen) atoms. The minimum absolute atomic E-state index is 0.139. The third-order valence-corrected chi connectivity index (χ3v) is 5.06. The number of nitrogens with zero attached hydrogens (tertiary/aromatic N) is 4.